The molecule has 0 aromatic carbocycles. The number of hydrogen-bond acceptors (Lipinski definition) is 1. The van der Waals surface area contributed by atoms with Crippen LogP contribution in [-0.4, -0.2) is 22.9 Å². The highest BCUT2D eigenvalue weighted by atomic mass is 19.2. The maximum Gasteiger partial charge on any atom is 0.435 e. The highest BCUT2D eigenvalue weighted by molar-refractivity contribution is 5.63. The summed E-state index contributed by atoms with van der Waals surface area (Å²) < 4.78 is 11.7. The lowest BCUT2D eigenvalue weighted by molar-refractivity contribution is 0.0422. The molecule has 3 nitrogen and oxygen atoms in total. The molecule has 0 saturated heterocycles. The van der Waals surface area contributed by atoms with Crippen molar-refractivity contribution in [1.29, 1.82) is 0 Å². The van der Waals surface area contributed by atoms with E-state index in [0.29, 0.717) is 0 Å². The third-order valence-corrected chi connectivity index (χ3v) is 0.497. The van der Waals surface area contributed by atoms with Gasteiger partial charge in [0.15, 0.2) is 0 Å². The van der Waals surface area contributed by atoms with Crippen molar-refractivity contribution in [3.8, 4) is 0 Å². The molecule has 0 rings (SSSR count). The van der Waals surface area contributed by atoms with E-state index in [1.54, 1.807) is 0 Å². The summed E-state index contributed by atoms with van der Waals surface area (Å²) in [6.45, 7) is 2.86. The molecule has 0 aliphatic heterocycles. The van der Waals surface area contributed by atoms with Crippen LogP contribution in [0.2, 0.25) is 0 Å². The van der Waals surface area contributed by atoms with E-state index >= 15 is 0 Å². The van der Waals surface area contributed by atoms with Gasteiger partial charge in [-0.3, -0.25) is 0 Å². The fourth-order valence-corrected chi connectivity index (χ4v) is 0.191. The molecule has 46 valence electrons. The Morgan fingerprint density at radius 1 is 2.00 bits per heavy atom. The van der Waals surface area contributed by atoms with Crippen molar-refractivity contribution >= 4 is 6.09 Å². The average Bonchev–Trinajstić information content (AvgIpc) is 1.67. The molecule has 0 aromatic heterocycles. The minimum absolute atomic E-state index is 0.282. The molecule has 0 aliphatic rings. The summed E-state index contributed by atoms with van der Waals surface area (Å²) in [6.07, 6.45) is -0.432. The van der Waals surface area contributed by atoms with Crippen molar-refractivity contribution in [2.24, 2.45) is 0 Å². The monoisotopic (exact) mass is 119 g/mol. The first-order chi connectivity index (χ1) is 3.68. The Hall–Kier alpha value is -1.06. The topological polar surface area (TPSA) is 40.5 Å². The third-order valence-electron chi connectivity index (χ3n) is 0.497. The SMILES string of the molecule is C=CCN(F)C(=O)O. The second-order valence-corrected chi connectivity index (χ2v) is 1.12. The fraction of sp³-hybridized carbons (Fsp3) is 0.250. The summed E-state index contributed by atoms with van der Waals surface area (Å²) >= 11 is 0. The molecule has 0 unspecified atom stereocenters. The number of nitrogens with zero attached hydrogens (tertiary/aromatic N) is 1. The molecule has 0 fully saturated rings. The Morgan fingerprint density at radius 3 is 2.62 bits per heavy atom. The molecule has 1 amide bonds. The van der Waals surface area contributed by atoms with Gasteiger partial charge in [-0.05, 0) is 0 Å². The molecule has 0 spiro atoms. The Balaban J connectivity index is 3.46. The van der Waals surface area contributed by atoms with E-state index in [-0.39, 0.29) is 11.7 Å². The van der Waals surface area contributed by atoms with Crippen LogP contribution in [0.3, 0.4) is 0 Å². The van der Waals surface area contributed by atoms with E-state index in [4.69, 9.17) is 5.11 Å². The van der Waals surface area contributed by atoms with E-state index in [1.165, 1.54) is 0 Å². The molecule has 0 atom stereocenters. The second-order valence-electron chi connectivity index (χ2n) is 1.12. The van der Waals surface area contributed by atoms with Crippen LogP contribution in [0, 0.1) is 0 Å². The van der Waals surface area contributed by atoms with Crippen LogP contribution in [0.1, 0.15) is 0 Å². The molecule has 8 heavy (non-hydrogen) atoms. The van der Waals surface area contributed by atoms with Crippen molar-refractivity contribution in [3.05, 3.63) is 12.7 Å². The normalized spacial score (nSPS) is 8.12. The summed E-state index contributed by atoms with van der Waals surface area (Å²) in [7, 11) is 0. The van der Waals surface area contributed by atoms with Gasteiger partial charge in [-0.2, -0.15) is 0 Å². The zero-order chi connectivity index (χ0) is 6.57. The van der Waals surface area contributed by atoms with Crippen LogP contribution in [0.5, 0.6) is 0 Å². The Morgan fingerprint density at radius 2 is 2.50 bits per heavy atom. The van der Waals surface area contributed by atoms with Crippen LogP contribution < -0.4 is 0 Å². The lowest BCUT2D eigenvalue weighted by Crippen LogP contribution is -2.19. The molecule has 0 bridgehead atoms. The van der Waals surface area contributed by atoms with Gasteiger partial charge in [-0.25, -0.2) is 4.79 Å². The van der Waals surface area contributed by atoms with Gasteiger partial charge in [0.2, 0.25) is 0 Å². The van der Waals surface area contributed by atoms with Crippen molar-refractivity contribution in [1.82, 2.24) is 5.12 Å². The molecule has 4 heteroatoms. The highest BCUT2D eigenvalue weighted by Crippen LogP contribution is 1.87. The lowest BCUT2D eigenvalue weighted by atomic mass is 10.6. The highest BCUT2D eigenvalue weighted by Gasteiger charge is 2.04. The first-order valence-corrected chi connectivity index (χ1v) is 1.95. The molecule has 1 N–H and O–H groups in total. The van der Waals surface area contributed by atoms with Crippen LogP contribution >= 0.6 is 0 Å². The van der Waals surface area contributed by atoms with Gasteiger partial charge in [0.1, 0.15) is 0 Å². The van der Waals surface area contributed by atoms with Crippen LogP contribution in [0.4, 0.5) is 9.28 Å². The van der Waals surface area contributed by atoms with Gasteiger partial charge in [-0.15, -0.1) is 11.7 Å². The molecule has 0 saturated carbocycles. The van der Waals surface area contributed by atoms with Crippen molar-refractivity contribution in [3.63, 3.8) is 0 Å². The number of hydrogen-bond donors (Lipinski definition) is 1. The quantitative estimate of drug-likeness (QED) is 0.435. The van der Waals surface area contributed by atoms with Crippen molar-refractivity contribution in [2.75, 3.05) is 6.54 Å². The van der Waals surface area contributed by atoms with Crippen molar-refractivity contribution in [2.45, 2.75) is 0 Å². The largest absolute Gasteiger partial charge is 0.463 e. The summed E-state index contributed by atoms with van der Waals surface area (Å²) in [5, 5.41) is 7.46. The zero-order valence-electron chi connectivity index (χ0n) is 4.17. The Labute approximate surface area is 46.0 Å². The van der Waals surface area contributed by atoms with Gasteiger partial charge < -0.3 is 5.11 Å². The van der Waals surface area contributed by atoms with Gasteiger partial charge in [0, 0.05) is 0 Å². The van der Waals surface area contributed by atoms with Crippen LogP contribution in [0.25, 0.3) is 0 Å². The number of rotatable bonds is 2. The summed E-state index contributed by atoms with van der Waals surface area (Å²) in [5.74, 6) is 0. The molecular weight excluding hydrogens is 113 g/mol. The smallest absolute Gasteiger partial charge is 0.435 e. The van der Waals surface area contributed by atoms with Gasteiger partial charge in [-0.1, -0.05) is 10.6 Å². The fourth-order valence-electron chi connectivity index (χ4n) is 0.191. The average molecular weight is 119 g/mol. The predicted octanol–water partition coefficient (Wildman–Crippen LogP) is 1.04. The van der Waals surface area contributed by atoms with Gasteiger partial charge in [0.25, 0.3) is 0 Å². The predicted molar refractivity (Wildman–Crippen MR) is 26.0 cm³/mol. The number of halogens is 1. The molecule has 0 heterocycles. The standard InChI is InChI=1S/C4H6FNO2/c1-2-3-6(5)4(7)8/h2H,1,3H2,(H,7,8). The maximum atomic E-state index is 11.7. The summed E-state index contributed by atoms with van der Waals surface area (Å²) in [5.41, 5.74) is 0. The Bertz CT molecular complexity index is 104. The molecule has 0 radical (unpaired) electrons. The molecule has 0 aromatic rings. The second kappa shape index (κ2) is 3.01. The minimum atomic E-state index is -1.59. The third kappa shape index (κ3) is 2.17. The first kappa shape index (κ1) is 6.94. The molecule has 0 aliphatic carbocycles. The summed E-state index contributed by atoms with van der Waals surface area (Å²) in [4.78, 5) is 9.59. The number of carboxylic acid groups (broad SMARTS) is 1. The first-order valence-electron chi connectivity index (χ1n) is 1.95. The lowest BCUT2D eigenvalue weighted by Gasteiger charge is -2.00. The minimum Gasteiger partial charge on any atom is -0.463 e. The van der Waals surface area contributed by atoms with Gasteiger partial charge in [0.05, 0.1) is 6.54 Å². The molecular formula is C4H6FNO2. The Kier molecular flexibility index (Phi) is 2.61. The van der Waals surface area contributed by atoms with Crippen LogP contribution in [-0.2, 0) is 0 Å². The van der Waals surface area contributed by atoms with Gasteiger partial charge >= 0.3 is 6.09 Å². The zero-order valence-corrected chi connectivity index (χ0v) is 4.17. The van der Waals surface area contributed by atoms with E-state index < -0.39 is 6.09 Å². The van der Waals surface area contributed by atoms with Crippen LogP contribution in [0.15, 0.2) is 12.7 Å². The maximum absolute atomic E-state index is 11.7. The van der Waals surface area contributed by atoms with E-state index in [9.17, 15) is 9.28 Å². The van der Waals surface area contributed by atoms with E-state index in [1.807, 2.05) is 0 Å². The van der Waals surface area contributed by atoms with E-state index in [0.717, 1.165) is 6.08 Å². The number of carbonyl (C=O) groups is 1. The summed E-state index contributed by atoms with van der Waals surface area (Å²) in [6, 6.07) is 0. The number of amides is 1. The van der Waals surface area contributed by atoms with E-state index in [2.05, 4.69) is 6.58 Å². The van der Waals surface area contributed by atoms with Crippen molar-refractivity contribution < 1.29 is 14.4 Å².